The molecule has 0 saturated heterocycles. The first-order chi connectivity index (χ1) is 10.6. The first kappa shape index (κ1) is 14.5. The van der Waals surface area contributed by atoms with E-state index in [0.717, 1.165) is 22.7 Å². The Labute approximate surface area is 134 Å². The molecule has 3 rings (SSSR count). The zero-order valence-electron chi connectivity index (χ0n) is 12.4. The second-order valence-electron chi connectivity index (χ2n) is 5.11. The molecule has 1 amide bonds. The highest BCUT2D eigenvalue weighted by molar-refractivity contribution is 7.80. The van der Waals surface area contributed by atoms with Crippen molar-refractivity contribution in [3.63, 3.8) is 0 Å². The van der Waals surface area contributed by atoms with Crippen LogP contribution in [0.4, 0.5) is 11.4 Å². The molecule has 1 unspecified atom stereocenters. The number of amides is 1. The van der Waals surface area contributed by atoms with Crippen molar-refractivity contribution in [3.8, 4) is 5.75 Å². The summed E-state index contributed by atoms with van der Waals surface area (Å²) in [6.07, 6.45) is 0. The Balaban J connectivity index is 1.92. The van der Waals surface area contributed by atoms with Gasteiger partial charge in [-0.15, -0.1) is 0 Å². The van der Waals surface area contributed by atoms with Gasteiger partial charge < -0.3 is 15.0 Å². The van der Waals surface area contributed by atoms with Crippen LogP contribution in [-0.2, 0) is 4.79 Å². The molecule has 0 spiro atoms. The number of nitrogens with one attached hydrogen (secondary N) is 1. The number of methoxy groups -OCH3 is 1. The Bertz CT molecular complexity index is 731. The quantitative estimate of drug-likeness (QED) is 0.884. The molecule has 2 aromatic rings. The van der Waals surface area contributed by atoms with Crippen LogP contribution < -0.4 is 15.0 Å². The number of likely N-dealkylation sites (N-methyl/N-ethyl adjacent to an activating group) is 1. The summed E-state index contributed by atoms with van der Waals surface area (Å²) in [6.45, 7) is 0. The number of thiocarbonyl (C=S) groups is 1. The molecule has 0 radical (unpaired) electrons. The predicted octanol–water partition coefficient (Wildman–Crippen LogP) is 3.19. The molecule has 0 fully saturated rings. The molecule has 1 N–H and O–H groups in total. The summed E-state index contributed by atoms with van der Waals surface area (Å²) in [5.74, 6) is 0.172. The lowest BCUT2D eigenvalue weighted by molar-refractivity contribution is -0.116. The Hall–Kier alpha value is -2.40. The maximum Gasteiger partial charge on any atom is 0.238 e. The van der Waals surface area contributed by atoms with E-state index in [9.17, 15) is 4.79 Å². The molecule has 1 aliphatic heterocycles. The molecule has 2 aromatic carbocycles. The van der Waals surface area contributed by atoms with Crippen LogP contribution in [0.1, 0.15) is 11.5 Å². The van der Waals surface area contributed by atoms with E-state index in [2.05, 4.69) is 5.32 Å². The zero-order valence-corrected chi connectivity index (χ0v) is 13.2. The molecule has 0 saturated carbocycles. The minimum Gasteiger partial charge on any atom is -0.497 e. The van der Waals surface area contributed by atoms with Crippen LogP contribution in [0.15, 0.2) is 48.5 Å². The number of carbonyl (C=O) groups excluding carboxylic acids is 1. The van der Waals surface area contributed by atoms with Crippen molar-refractivity contribution >= 4 is 34.5 Å². The van der Waals surface area contributed by atoms with Gasteiger partial charge in [0.1, 0.15) is 11.7 Å². The third-order valence-corrected chi connectivity index (χ3v) is 4.30. The lowest BCUT2D eigenvalue weighted by Gasteiger charge is -2.14. The first-order valence-electron chi connectivity index (χ1n) is 6.93. The molecule has 4 nitrogen and oxygen atoms in total. The summed E-state index contributed by atoms with van der Waals surface area (Å²) >= 11 is 5.46. The average Bonchev–Trinajstić information content (AvgIpc) is 2.79. The molecule has 0 bridgehead atoms. The highest BCUT2D eigenvalue weighted by atomic mass is 32.1. The van der Waals surface area contributed by atoms with E-state index in [4.69, 9.17) is 17.0 Å². The number of rotatable bonds is 3. The van der Waals surface area contributed by atoms with Gasteiger partial charge in [0.05, 0.1) is 12.1 Å². The highest BCUT2D eigenvalue weighted by Gasteiger charge is 2.37. The smallest absolute Gasteiger partial charge is 0.238 e. The van der Waals surface area contributed by atoms with Crippen LogP contribution in [0.5, 0.6) is 5.75 Å². The highest BCUT2D eigenvalue weighted by Crippen LogP contribution is 2.40. The van der Waals surface area contributed by atoms with E-state index in [0.29, 0.717) is 4.99 Å². The number of benzene rings is 2. The van der Waals surface area contributed by atoms with E-state index in [-0.39, 0.29) is 5.91 Å². The van der Waals surface area contributed by atoms with Gasteiger partial charge in [0, 0.05) is 24.5 Å². The monoisotopic (exact) mass is 312 g/mol. The summed E-state index contributed by atoms with van der Waals surface area (Å²) in [6, 6.07) is 15.0. The Kier molecular flexibility index (Phi) is 3.81. The SMILES string of the molecule is COc1ccc2c(c1)N(C)C(=S)C2C(=O)Nc1ccccc1. The fourth-order valence-corrected chi connectivity index (χ4v) is 2.95. The number of fused-ring (bicyclic) bond motifs is 1. The Morgan fingerprint density at radius 1 is 1.23 bits per heavy atom. The first-order valence-corrected chi connectivity index (χ1v) is 7.34. The van der Waals surface area contributed by atoms with Gasteiger partial charge in [-0.2, -0.15) is 0 Å². The zero-order chi connectivity index (χ0) is 15.7. The molecule has 0 aromatic heterocycles. The van der Waals surface area contributed by atoms with Crippen molar-refractivity contribution in [1.29, 1.82) is 0 Å². The van der Waals surface area contributed by atoms with E-state index < -0.39 is 5.92 Å². The van der Waals surface area contributed by atoms with Gasteiger partial charge in [-0.05, 0) is 23.8 Å². The largest absolute Gasteiger partial charge is 0.497 e. The minimum absolute atomic E-state index is 0.119. The van der Waals surface area contributed by atoms with Crippen LogP contribution in [0.2, 0.25) is 0 Å². The maximum atomic E-state index is 12.6. The second-order valence-corrected chi connectivity index (χ2v) is 5.53. The average molecular weight is 312 g/mol. The van der Waals surface area contributed by atoms with Gasteiger partial charge in [0.25, 0.3) is 0 Å². The normalized spacial score (nSPS) is 16.4. The van der Waals surface area contributed by atoms with Crippen molar-refractivity contribution < 1.29 is 9.53 Å². The second kappa shape index (κ2) is 5.77. The van der Waals surface area contributed by atoms with Crippen LogP contribution >= 0.6 is 12.2 Å². The van der Waals surface area contributed by atoms with Crippen molar-refractivity contribution in [2.45, 2.75) is 5.92 Å². The number of hydrogen-bond acceptors (Lipinski definition) is 3. The summed E-state index contributed by atoms with van der Waals surface area (Å²) in [4.78, 5) is 15.1. The molecule has 1 aliphatic rings. The standard InChI is InChI=1S/C17H16N2O2S/c1-19-14-10-12(21-2)8-9-13(14)15(17(19)22)16(20)18-11-6-4-3-5-7-11/h3-10,15H,1-2H3,(H,18,20). The van der Waals surface area contributed by atoms with Gasteiger partial charge in [-0.3, -0.25) is 4.79 Å². The van der Waals surface area contributed by atoms with Crippen molar-refractivity contribution in [2.75, 3.05) is 24.4 Å². The molecule has 22 heavy (non-hydrogen) atoms. The summed E-state index contributed by atoms with van der Waals surface area (Å²) in [5.41, 5.74) is 2.58. The summed E-state index contributed by atoms with van der Waals surface area (Å²) in [5, 5.41) is 2.92. The number of para-hydroxylation sites is 1. The molecule has 5 heteroatoms. The van der Waals surface area contributed by atoms with Gasteiger partial charge in [0.2, 0.25) is 5.91 Å². The minimum atomic E-state index is -0.457. The molecular formula is C17H16N2O2S. The third kappa shape index (κ3) is 2.44. The number of carbonyl (C=O) groups is 1. The fraction of sp³-hybridized carbons (Fsp3) is 0.176. The number of anilines is 2. The van der Waals surface area contributed by atoms with E-state index >= 15 is 0 Å². The van der Waals surface area contributed by atoms with Crippen LogP contribution in [0.25, 0.3) is 0 Å². The lowest BCUT2D eigenvalue weighted by Crippen LogP contribution is -2.30. The van der Waals surface area contributed by atoms with Crippen LogP contribution in [-0.4, -0.2) is 25.1 Å². The topological polar surface area (TPSA) is 41.6 Å². The molecule has 0 aliphatic carbocycles. The molecule has 1 heterocycles. The van der Waals surface area contributed by atoms with Crippen LogP contribution in [0.3, 0.4) is 0 Å². The van der Waals surface area contributed by atoms with Crippen molar-refractivity contribution in [3.05, 3.63) is 54.1 Å². The van der Waals surface area contributed by atoms with E-state index in [1.807, 2.05) is 60.5 Å². The van der Waals surface area contributed by atoms with Gasteiger partial charge >= 0.3 is 0 Å². The third-order valence-electron chi connectivity index (χ3n) is 3.79. The van der Waals surface area contributed by atoms with Crippen LogP contribution in [0, 0.1) is 0 Å². The molecule has 112 valence electrons. The summed E-state index contributed by atoms with van der Waals surface area (Å²) in [7, 11) is 3.49. The van der Waals surface area contributed by atoms with Crippen molar-refractivity contribution in [2.24, 2.45) is 0 Å². The predicted molar refractivity (Wildman–Crippen MR) is 91.8 cm³/mol. The Morgan fingerprint density at radius 3 is 2.64 bits per heavy atom. The van der Waals surface area contributed by atoms with Gasteiger partial charge in [-0.1, -0.05) is 36.5 Å². The molecular weight excluding hydrogens is 296 g/mol. The maximum absolute atomic E-state index is 12.6. The summed E-state index contributed by atoms with van der Waals surface area (Å²) < 4.78 is 5.24. The van der Waals surface area contributed by atoms with Crippen molar-refractivity contribution in [1.82, 2.24) is 0 Å². The van der Waals surface area contributed by atoms with E-state index in [1.165, 1.54) is 0 Å². The number of ether oxygens (including phenoxy) is 1. The lowest BCUT2D eigenvalue weighted by atomic mass is 10.00. The van der Waals surface area contributed by atoms with Gasteiger partial charge in [0.15, 0.2) is 0 Å². The fourth-order valence-electron chi connectivity index (χ4n) is 2.62. The molecule has 1 atom stereocenters. The Morgan fingerprint density at radius 2 is 1.95 bits per heavy atom. The van der Waals surface area contributed by atoms with Gasteiger partial charge in [-0.25, -0.2) is 0 Å². The number of hydrogen-bond donors (Lipinski definition) is 1. The van der Waals surface area contributed by atoms with E-state index in [1.54, 1.807) is 7.11 Å². The number of nitrogens with zero attached hydrogens (tertiary/aromatic N) is 1.